The van der Waals surface area contributed by atoms with Gasteiger partial charge in [-0.2, -0.15) is 0 Å². The SMILES string of the molecule is Cc1c(F)cc2nc3c(c4c2c1CCC4)Cn1c-3cc2c(c1=O)COC(=O)C2O. The summed E-state index contributed by atoms with van der Waals surface area (Å²) in [5, 5.41) is 11.2. The summed E-state index contributed by atoms with van der Waals surface area (Å²) in [7, 11) is 0. The van der Waals surface area contributed by atoms with Crippen LogP contribution in [0.1, 0.15) is 45.9 Å². The molecule has 0 saturated heterocycles. The third kappa shape index (κ3) is 2.05. The number of cyclic esters (lactones) is 1. The van der Waals surface area contributed by atoms with Gasteiger partial charge < -0.3 is 14.4 Å². The zero-order valence-corrected chi connectivity index (χ0v) is 15.7. The lowest BCUT2D eigenvalue weighted by atomic mass is 9.85. The average molecular weight is 392 g/mol. The molecule has 1 atom stereocenters. The summed E-state index contributed by atoms with van der Waals surface area (Å²) in [6.07, 6.45) is 1.12. The number of pyridine rings is 2. The molecule has 0 saturated carbocycles. The van der Waals surface area contributed by atoms with Gasteiger partial charge in [0.25, 0.3) is 5.56 Å². The van der Waals surface area contributed by atoms with Crippen molar-refractivity contribution in [1.29, 1.82) is 0 Å². The second-order valence-electron chi connectivity index (χ2n) is 7.99. The Morgan fingerprint density at radius 1 is 1.17 bits per heavy atom. The van der Waals surface area contributed by atoms with Crippen molar-refractivity contribution in [3.8, 4) is 11.4 Å². The van der Waals surface area contributed by atoms with Crippen LogP contribution >= 0.6 is 0 Å². The molecule has 6 nitrogen and oxygen atoms in total. The molecule has 3 aliphatic rings. The van der Waals surface area contributed by atoms with Crippen molar-refractivity contribution in [2.45, 2.75) is 45.4 Å². The predicted octanol–water partition coefficient (Wildman–Crippen LogP) is 2.45. The van der Waals surface area contributed by atoms with E-state index in [0.29, 0.717) is 34.6 Å². The van der Waals surface area contributed by atoms with Gasteiger partial charge in [-0.1, -0.05) is 0 Å². The number of ether oxygens (including phenoxy) is 1. The molecule has 0 fully saturated rings. The predicted molar refractivity (Wildman–Crippen MR) is 102 cm³/mol. The number of halogens is 1. The van der Waals surface area contributed by atoms with E-state index in [0.717, 1.165) is 41.3 Å². The lowest BCUT2D eigenvalue weighted by Gasteiger charge is -2.22. The van der Waals surface area contributed by atoms with E-state index >= 15 is 0 Å². The van der Waals surface area contributed by atoms with Crippen LogP contribution in [0, 0.1) is 12.7 Å². The van der Waals surface area contributed by atoms with Gasteiger partial charge in [0.15, 0.2) is 6.10 Å². The van der Waals surface area contributed by atoms with Gasteiger partial charge in [-0.25, -0.2) is 14.2 Å². The van der Waals surface area contributed by atoms with Crippen molar-refractivity contribution in [2.75, 3.05) is 0 Å². The molecule has 146 valence electrons. The van der Waals surface area contributed by atoms with Crippen LogP contribution in [0.25, 0.3) is 22.3 Å². The Balaban J connectivity index is 1.68. The smallest absolute Gasteiger partial charge is 0.340 e. The summed E-state index contributed by atoms with van der Waals surface area (Å²) in [4.78, 5) is 29.6. The fraction of sp³-hybridized carbons (Fsp3) is 0.318. The van der Waals surface area contributed by atoms with Gasteiger partial charge in [-0.3, -0.25) is 4.79 Å². The first-order valence-corrected chi connectivity index (χ1v) is 9.71. The molecule has 29 heavy (non-hydrogen) atoms. The van der Waals surface area contributed by atoms with Gasteiger partial charge in [0.05, 0.1) is 29.0 Å². The zero-order chi connectivity index (χ0) is 20.0. The van der Waals surface area contributed by atoms with Gasteiger partial charge in [-0.15, -0.1) is 0 Å². The second kappa shape index (κ2) is 5.51. The van der Waals surface area contributed by atoms with Crippen molar-refractivity contribution >= 4 is 16.9 Å². The summed E-state index contributed by atoms with van der Waals surface area (Å²) in [6, 6.07) is 3.13. The number of hydrogen-bond donors (Lipinski definition) is 1. The maximum atomic E-state index is 14.5. The molecular formula is C22H17FN2O4. The van der Waals surface area contributed by atoms with E-state index in [1.807, 2.05) is 0 Å². The van der Waals surface area contributed by atoms with Crippen LogP contribution in [-0.2, 0) is 35.5 Å². The standard InChI is InChI=1S/C22H17FN2O4/c1-9-10-3-2-4-11-13-7-25-17(19(13)24-16(18(10)11)6-15(9)23)5-12-14(21(25)27)8-29-22(28)20(12)26/h5-6,20,26H,2-4,7-8H2,1H3. The monoisotopic (exact) mass is 392 g/mol. The first-order chi connectivity index (χ1) is 14.0. The number of carbonyl (C=O) groups excluding carboxylic acids is 1. The molecule has 1 aromatic carbocycles. The molecule has 1 unspecified atom stereocenters. The Hall–Kier alpha value is -3.06. The number of benzene rings is 1. The summed E-state index contributed by atoms with van der Waals surface area (Å²) in [6.45, 7) is 2.05. The average Bonchev–Trinajstić information content (AvgIpc) is 3.08. The van der Waals surface area contributed by atoms with Gasteiger partial charge in [-0.05, 0) is 48.9 Å². The Labute approximate surface area is 164 Å². The Bertz CT molecular complexity index is 1340. The third-order valence-corrected chi connectivity index (χ3v) is 6.54. The largest absolute Gasteiger partial charge is 0.458 e. The number of rotatable bonds is 0. The summed E-state index contributed by atoms with van der Waals surface area (Å²) < 4.78 is 21.1. The first kappa shape index (κ1) is 16.9. The molecule has 3 aromatic rings. The number of fused-ring (bicyclic) bond motifs is 5. The third-order valence-electron chi connectivity index (χ3n) is 6.54. The molecule has 0 bridgehead atoms. The van der Waals surface area contributed by atoms with Crippen LogP contribution in [-0.4, -0.2) is 20.6 Å². The van der Waals surface area contributed by atoms with E-state index in [2.05, 4.69) is 0 Å². The molecule has 2 aromatic heterocycles. The van der Waals surface area contributed by atoms with E-state index in [1.54, 1.807) is 17.6 Å². The van der Waals surface area contributed by atoms with Crippen molar-refractivity contribution in [3.05, 3.63) is 61.7 Å². The Kier molecular flexibility index (Phi) is 3.20. The molecule has 1 N–H and O–H groups in total. The number of aliphatic hydroxyl groups is 1. The van der Waals surface area contributed by atoms with Crippen molar-refractivity contribution in [3.63, 3.8) is 0 Å². The van der Waals surface area contributed by atoms with E-state index in [-0.39, 0.29) is 23.5 Å². The van der Waals surface area contributed by atoms with Gasteiger partial charge >= 0.3 is 5.97 Å². The van der Waals surface area contributed by atoms with Gasteiger partial charge in [0.1, 0.15) is 12.4 Å². The number of aryl methyl sites for hydroxylation is 2. The minimum absolute atomic E-state index is 0.141. The summed E-state index contributed by atoms with van der Waals surface area (Å²) in [5.74, 6) is -1.03. The van der Waals surface area contributed by atoms with Crippen LogP contribution in [0.4, 0.5) is 4.39 Å². The zero-order valence-electron chi connectivity index (χ0n) is 15.7. The first-order valence-electron chi connectivity index (χ1n) is 9.71. The van der Waals surface area contributed by atoms with Crippen LogP contribution in [0.2, 0.25) is 0 Å². The van der Waals surface area contributed by atoms with Crippen molar-refractivity contribution in [1.82, 2.24) is 9.55 Å². The van der Waals surface area contributed by atoms with Crippen molar-refractivity contribution in [2.24, 2.45) is 0 Å². The highest BCUT2D eigenvalue weighted by molar-refractivity contribution is 5.92. The maximum Gasteiger partial charge on any atom is 0.340 e. The highest BCUT2D eigenvalue weighted by atomic mass is 19.1. The number of carbonyl (C=O) groups is 1. The number of hydrogen-bond acceptors (Lipinski definition) is 5. The summed E-state index contributed by atoms with van der Waals surface area (Å²) in [5.41, 5.74) is 5.86. The van der Waals surface area contributed by atoms with E-state index in [1.165, 1.54) is 6.07 Å². The van der Waals surface area contributed by atoms with E-state index in [4.69, 9.17) is 9.72 Å². The molecule has 1 aliphatic carbocycles. The van der Waals surface area contributed by atoms with Crippen LogP contribution in [0.15, 0.2) is 16.9 Å². The summed E-state index contributed by atoms with van der Waals surface area (Å²) >= 11 is 0. The van der Waals surface area contributed by atoms with Crippen molar-refractivity contribution < 1.29 is 19.0 Å². The lowest BCUT2D eigenvalue weighted by Crippen LogP contribution is -2.32. The molecule has 2 aliphatic heterocycles. The van der Waals surface area contributed by atoms with Crippen LogP contribution < -0.4 is 5.56 Å². The molecule has 0 spiro atoms. The topological polar surface area (TPSA) is 81.4 Å². The maximum absolute atomic E-state index is 14.5. The molecular weight excluding hydrogens is 375 g/mol. The fourth-order valence-corrected chi connectivity index (χ4v) is 5.06. The highest BCUT2D eigenvalue weighted by Gasteiger charge is 2.35. The number of aromatic nitrogens is 2. The molecule has 0 radical (unpaired) electrons. The van der Waals surface area contributed by atoms with Gasteiger partial charge in [0.2, 0.25) is 0 Å². The molecule has 7 heteroatoms. The number of esters is 1. The second-order valence-corrected chi connectivity index (χ2v) is 7.99. The van der Waals surface area contributed by atoms with Gasteiger partial charge in [0, 0.05) is 22.6 Å². The number of aliphatic hydroxyl groups excluding tert-OH is 1. The fourth-order valence-electron chi connectivity index (χ4n) is 5.06. The highest BCUT2D eigenvalue weighted by Crippen LogP contribution is 2.41. The molecule has 4 heterocycles. The lowest BCUT2D eigenvalue weighted by molar-refractivity contribution is -0.157. The van der Waals surface area contributed by atoms with E-state index < -0.39 is 12.1 Å². The van der Waals surface area contributed by atoms with E-state index in [9.17, 15) is 19.1 Å². The normalized spacial score (nSPS) is 19.0. The van der Waals surface area contributed by atoms with Crippen LogP contribution in [0.3, 0.4) is 0 Å². The Morgan fingerprint density at radius 2 is 1.97 bits per heavy atom. The minimum atomic E-state index is -1.48. The van der Waals surface area contributed by atoms with Crippen LogP contribution in [0.5, 0.6) is 0 Å². The minimum Gasteiger partial charge on any atom is -0.458 e. The molecule has 6 rings (SSSR count). The quantitative estimate of drug-likeness (QED) is 0.465. The Morgan fingerprint density at radius 3 is 2.79 bits per heavy atom. The number of nitrogens with zero attached hydrogens (tertiary/aromatic N) is 2. The molecule has 0 amide bonds.